The average molecular weight is 358 g/mol. The lowest BCUT2D eigenvalue weighted by Crippen LogP contribution is -2.59. The second-order valence-electron chi connectivity index (χ2n) is 6.27. The third-order valence-corrected chi connectivity index (χ3v) is 5.76. The number of carbonyl (C=O) groups excluding carboxylic acids is 1. The number of fused-ring (bicyclic) bond motifs is 3. The number of carbonyl (C=O) groups is 1. The maximum absolute atomic E-state index is 12.7. The number of nitrogens with zero attached hydrogens (tertiary/aromatic N) is 1. The van der Waals surface area contributed by atoms with Crippen LogP contribution >= 0.6 is 0 Å². The normalized spacial score (nSPS) is 22.8. The molecule has 0 radical (unpaired) electrons. The van der Waals surface area contributed by atoms with Crippen molar-refractivity contribution in [3.8, 4) is 0 Å². The minimum atomic E-state index is -3.38. The van der Waals surface area contributed by atoms with E-state index < -0.39 is 15.6 Å². The lowest BCUT2D eigenvalue weighted by atomic mass is 9.88. The number of anilines is 1. The zero-order valence-corrected chi connectivity index (χ0v) is 14.5. The molecule has 2 heterocycles. The Bertz CT molecular complexity index is 943. The van der Waals surface area contributed by atoms with Gasteiger partial charge in [0.1, 0.15) is 0 Å². The Morgan fingerprint density at radius 1 is 1.16 bits per heavy atom. The van der Waals surface area contributed by atoms with Crippen molar-refractivity contribution in [1.82, 2.24) is 4.90 Å². The van der Waals surface area contributed by atoms with Crippen LogP contribution in [0.25, 0.3) is 0 Å². The molecule has 1 N–H and O–H groups in total. The molecule has 1 saturated heterocycles. The minimum Gasteiger partial charge on any atom is -0.347 e. The first-order chi connectivity index (χ1) is 11.9. The van der Waals surface area contributed by atoms with Gasteiger partial charge in [0.15, 0.2) is 15.6 Å². The third kappa shape index (κ3) is 2.42. The quantitative estimate of drug-likeness (QED) is 0.895. The number of hydrogen-bond donors (Lipinski definition) is 1. The van der Waals surface area contributed by atoms with Gasteiger partial charge in [-0.15, -0.1) is 0 Å². The van der Waals surface area contributed by atoms with E-state index in [1.807, 2.05) is 30.3 Å². The molecule has 2 aliphatic heterocycles. The van der Waals surface area contributed by atoms with Gasteiger partial charge in [-0.1, -0.05) is 30.3 Å². The van der Waals surface area contributed by atoms with E-state index in [1.165, 1.54) is 12.3 Å². The molecule has 0 bridgehead atoms. The molecule has 1 fully saturated rings. The summed E-state index contributed by atoms with van der Waals surface area (Å²) >= 11 is 0. The first-order valence-corrected chi connectivity index (χ1v) is 9.95. The average Bonchev–Trinajstić information content (AvgIpc) is 2.61. The van der Waals surface area contributed by atoms with Gasteiger partial charge >= 0.3 is 6.03 Å². The molecular weight excluding hydrogens is 340 g/mol. The first-order valence-electron chi connectivity index (χ1n) is 8.05. The van der Waals surface area contributed by atoms with E-state index in [9.17, 15) is 13.2 Å². The number of sulfone groups is 1. The molecule has 2 aromatic carbocycles. The van der Waals surface area contributed by atoms with Crippen molar-refractivity contribution in [3.05, 3.63) is 59.7 Å². The van der Waals surface area contributed by atoms with E-state index in [2.05, 4.69) is 5.32 Å². The number of rotatable bonds is 2. The van der Waals surface area contributed by atoms with Crippen LogP contribution in [0.15, 0.2) is 53.4 Å². The third-order valence-electron chi connectivity index (χ3n) is 4.65. The number of ether oxygens (including phenoxy) is 1. The van der Waals surface area contributed by atoms with E-state index >= 15 is 0 Å². The predicted octanol–water partition coefficient (Wildman–Crippen LogP) is 2.56. The Hall–Kier alpha value is -2.38. The zero-order valence-electron chi connectivity index (χ0n) is 13.7. The first kappa shape index (κ1) is 16.1. The molecule has 0 aromatic heterocycles. The molecule has 1 unspecified atom stereocenters. The van der Waals surface area contributed by atoms with Crippen LogP contribution in [0.1, 0.15) is 17.5 Å². The second kappa shape index (κ2) is 5.57. The van der Waals surface area contributed by atoms with E-state index in [4.69, 9.17) is 4.74 Å². The molecule has 2 aromatic rings. The molecular formula is C18H18N2O4S. The van der Waals surface area contributed by atoms with Gasteiger partial charge in [-0.2, -0.15) is 0 Å². The van der Waals surface area contributed by atoms with E-state index in [0.717, 1.165) is 12.0 Å². The van der Waals surface area contributed by atoms with Gasteiger partial charge in [-0.3, -0.25) is 4.90 Å². The monoisotopic (exact) mass is 358 g/mol. The molecule has 1 atom stereocenters. The van der Waals surface area contributed by atoms with Crippen LogP contribution in [-0.2, 0) is 20.3 Å². The van der Waals surface area contributed by atoms with Crippen LogP contribution in [0.4, 0.5) is 10.5 Å². The minimum absolute atomic E-state index is 0.201. The summed E-state index contributed by atoms with van der Waals surface area (Å²) in [6.07, 6.45) is 1.90. The lowest BCUT2D eigenvalue weighted by molar-refractivity contribution is -0.142. The molecule has 130 valence electrons. The number of urea groups is 1. The topological polar surface area (TPSA) is 75.7 Å². The second-order valence-corrected chi connectivity index (χ2v) is 8.29. The largest absolute Gasteiger partial charge is 0.347 e. The molecule has 4 rings (SSSR count). The maximum atomic E-state index is 12.7. The van der Waals surface area contributed by atoms with Crippen molar-refractivity contribution in [2.75, 3.05) is 24.7 Å². The highest BCUT2D eigenvalue weighted by atomic mass is 32.2. The van der Waals surface area contributed by atoms with Crippen molar-refractivity contribution < 1.29 is 17.9 Å². The summed E-state index contributed by atoms with van der Waals surface area (Å²) in [5.74, 6) is 0. The SMILES string of the molecule is CS(=O)(=O)c1ccc2c(c1)C1(c3ccccc3)OCCCN1C(=O)N2. The Balaban J connectivity index is 2.03. The zero-order chi connectivity index (χ0) is 17.7. The van der Waals surface area contributed by atoms with Crippen molar-refractivity contribution >= 4 is 21.6 Å². The van der Waals surface area contributed by atoms with Crippen LogP contribution in [0.2, 0.25) is 0 Å². The van der Waals surface area contributed by atoms with E-state index in [-0.39, 0.29) is 10.9 Å². The molecule has 0 saturated carbocycles. The van der Waals surface area contributed by atoms with Crippen molar-refractivity contribution in [2.24, 2.45) is 0 Å². The summed E-state index contributed by atoms with van der Waals surface area (Å²) in [6.45, 7) is 1.02. The maximum Gasteiger partial charge on any atom is 0.324 e. The molecule has 6 nitrogen and oxygen atoms in total. The van der Waals surface area contributed by atoms with Crippen molar-refractivity contribution in [1.29, 1.82) is 0 Å². The number of nitrogens with one attached hydrogen (secondary N) is 1. The molecule has 25 heavy (non-hydrogen) atoms. The summed E-state index contributed by atoms with van der Waals surface area (Å²) in [7, 11) is -3.38. The Morgan fingerprint density at radius 2 is 1.92 bits per heavy atom. The van der Waals surface area contributed by atoms with Crippen LogP contribution in [-0.4, -0.2) is 38.8 Å². The van der Waals surface area contributed by atoms with Crippen LogP contribution in [0, 0.1) is 0 Å². The summed E-state index contributed by atoms with van der Waals surface area (Å²) in [5, 5.41) is 2.84. The Morgan fingerprint density at radius 3 is 2.64 bits per heavy atom. The van der Waals surface area contributed by atoms with Crippen LogP contribution in [0.5, 0.6) is 0 Å². The standard InChI is InChI=1S/C18H18N2O4S/c1-25(22,23)14-8-9-16-15(12-14)18(13-6-3-2-4-7-13)20(17(21)19-16)10-5-11-24-18/h2-4,6-9,12H,5,10-11H2,1H3,(H,19,21). The van der Waals surface area contributed by atoms with Crippen molar-refractivity contribution in [2.45, 2.75) is 17.0 Å². The fraction of sp³-hybridized carbons (Fsp3) is 0.278. The van der Waals surface area contributed by atoms with Crippen molar-refractivity contribution in [3.63, 3.8) is 0 Å². The van der Waals surface area contributed by atoms with Gasteiger partial charge in [0.2, 0.25) is 0 Å². The highest BCUT2D eigenvalue weighted by Crippen LogP contribution is 2.46. The van der Waals surface area contributed by atoms with Gasteiger partial charge < -0.3 is 10.1 Å². The fourth-order valence-corrected chi connectivity index (χ4v) is 4.18. The van der Waals surface area contributed by atoms with Gasteiger partial charge in [0.05, 0.1) is 17.2 Å². The van der Waals surface area contributed by atoms with Gasteiger partial charge in [0.25, 0.3) is 0 Å². The Kier molecular flexibility index (Phi) is 3.59. The molecule has 0 aliphatic carbocycles. The molecule has 0 spiro atoms. The lowest BCUT2D eigenvalue weighted by Gasteiger charge is -2.50. The van der Waals surface area contributed by atoms with Gasteiger partial charge in [0, 0.05) is 23.9 Å². The Labute approximate surface area is 146 Å². The number of hydrogen-bond acceptors (Lipinski definition) is 4. The summed E-state index contributed by atoms with van der Waals surface area (Å²) in [4.78, 5) is 14.5. The summed E-state index contributed by atoms with van der Waals surface area (Å²) in [6, 6.07) is 13.9. The molecule has 2 amide bonds. The molecule has 7 heteroatoms. The van der Waals surface area contributed by atoms with E-state index in [1.54, 1.807) is 17.0 Å². The fourth-order valence-electron chi connectivity index (χ4n) is 3.53. The number of benzene rings is 2. The summed E-state index contributed by atoms with van der Waals surface area (Å²) < 4.78 is 30.3. The molecule has 2 aliphatic rings. The highest BCUT2D eigenvalue weighted by molar-refractivity contribution is 7.90. The van der Waals surface area contributed by atoms with Gasteiger partial charge in [-0.05, 0) is 24.6 Å². The van der Waals surface area contributed by atoms with E-state index in [0.29, 0.717) is 24.4 Å². The predicted molar refractivity (Wildman–Crippen MR) is 93.1 cm³/mol. The number of amides is 2. The van der Waals surface area contributed by atoms with Crippen LogP contribution < -0.4 is 5.32 Å². The van der Waals surface area contributed by atoms with Crippen LogP contribution in [0.3, 0.4) is 0 Å². The highest BCUT2D eigenvalue weighted by Gasteiger charge is 2.50. The van der Waals surface area contributed by atoms with Gasteiger partial charge in [-0.25, -0.2) is 13.2 Å². The smallest absolute Gasteiger partial charge is 0.324 e. The summed E-state index contributed by atoms with van der Waals surface area (Å²) in [5.41, 5.74) is 0.898.